The van der Waals surface area contributed by atoms with Crippen molar-refractivity contribution in [2.45, 2.75) is 6.42 Å². The number of methoxy groups -OCH3 is 1. The first-order chi connectivity index (χ1) is 9.36. The van der Waals surface area contributed by atoms with Crippen molar-refractivity contribution in [3.05, 3.63) is 24.2 Å². The lowest BCUT2D eigenvalue weighted by Gasteiger charge is -2.11. The first-order valence-electron chi connectivity index (χ1n) is 6.39. The number of guanidine groups is 1. The standard InChI is InChI=1S/C13H23N3O2S/c1-17-10-7-15-13(16-8-11-19-2)14-6-5-12-4-3-9-18-12/h3-4,9H,5-8,10-11H2,1-2H3,(H2,14,15,16). The van der Waals surface area contributed by atoms with E-state index in [2.05, 4.69) is 21.9 Å². The summed E-state index contributed by atoms with van der Waals surface area (Å²) in [5, 5.41) is 6.58. The highest BCUT2D eigenvalue weighted by Crippen LogP contribution is 1.99. The number of nitrogens with zero attached hydrogens (tertiary/aromatic N) is 1. The summed E-state index contributed by atoms with van der Waals surface area (Å²) < 4.78 is 10.3. The van der Waals surface area contributed by atoms with E-state index in [1.807, 2.05) is 23.9 Å². The van der Waals surface area contributed by atoms with Gasteiger partial charge in [0.2, 0.25) is 0 Å². The summed E-state index contributed by atoms with van der Waals surface area (Å²) in [5.41, 5.74) is 0. The first kappa shape index (κ1) is 15.9. The highest BCUT2D eigenvalue weighted by atomic mass is 32.2. The molecule has 1 rings (SSSR count). The van der Waals surface area contributed by atoms with Crippen molar-refractivity contribution in [3.63, 3.8) is 0 Å². The minimum absolute atomic E-state index is 0.633. The lowest BCUT2D eigenvalue weighted by Crippen LogP contribution is -2.39. The molecule has 6 heteroatoms. The maximum atomic E-state index is 5.29. The normalized spacial score (nSPS) is 11.6. The summed E-state index contributed by atoms with van der Waals surface area (Å²) >= 11 is 1.81. The van der Waals surface area contributed by atoms with Crippen molar-refractivity contribution in [1.82, 2.24) is 10.6 Å². The molecule has 2 N–H and O–H groups in total. The molecule has 0 unspecified atom stereocenters. The molecule has 0 aliphatic carbocycles. The molecule has 5 nitrogen and oxygen atoms in total. The van der Waals surface area contributed by atoms with Crippen LogP contribution in [-0.4, -0.2) is 51.3 Å². The lowest BCUT2D eigenvalue weighted by molar-refractivity contribution is 0.208. The summed E-state index contributed by atoms with van der Waals surface area (Å²) in [6, 6.07) is 3.88. The van der Waals surface area contributed by atoms with Crippen LogP contribution in [0.25, 0.3) is 0 Å². The maximum Gasteiger partial charge on any atom is 0.191 e. The van der Waals surface area contributed by atoms with E-state index in [0.717, 1.165) is 37.0 Å². The Labute approximate surface area is 119 Å². The Morgan fingerprint density at radius 3 is 2.95 bits per heavy atom. The molecule has 1 aromatic heterocycles. The van der Waals surface area contributed by atoms with Gasteiger partial charge in [0.25, 0.3) is 0 Å². The van der Waals surface area contributed by atoms with E-state index in [4.69, 9.17) is 9.15 Å². The monoisotopic (exact) mass is 285 g/mol. The highest BCUT2D eigenvalue weighted by Gasteiger charge is 1.99. The van der Waals surface area contributed by atoms with Crippen LogP contribution < -0.4 is 10.6 Å². The summed E-state index contributed by atoms with van der Waals surface area (Å²) in [6.45, 7) is 2.99. The maximum absolute atomic E-state index is 5.29. The van der Waals surface area contributed by atoms with Crippen LogP contribution in [0.5, 0.6) is 0 Å². The van der Waals surface area contributed by atoms with Crippen LogP contribution in [0.15, 0.2) is 27.8 Å². The van der Waals surface area contributed by atoms with E-state index in [1.54, 1.807) is 13.4 Å². The van der Waals surface area contributed by atoms with Gasteiger partial charge in [-0.1, -0.05) is 0 Å². The number of nitrogens with one attached hydrogen (secondary N) is 2. The number of hydrogen-bond acceptors (Lipinski definition) is 4. The summed E-state index contributed by atoms with van der Waals surface area (Å²) in [5.74, 6) is 2.87. The fourth-order valence-electron chi connectivity index (χ4n) is 1.45. The van der Waals surface area contributed by atoms with E-state index < -0.39 is 0 Å². The molecular weight excluding hydrogens is 262 g/mol. The molecule has 0 bridgehead atoms. The summed E-state index contributed by atoms with van der Waals surface area (Å²) in [6.07, 6.45) is 4.63. The van der Waals surface area contributed by atoms with E-state index >= 15 is 0 Å². The molecule has 1 aromatic rings. The van der Waals surface area contributed by atoms with Crippen molar-refractivity contribution < 1.29 is 9.15 Å². The smallest absolute Gasteiger partial charge is 0.191 e. The molecule has 0 saturated heterocycles. The predicted molar refractivity (Wildman–Crippen MR) is 81.0 cm³/mol. The largest absolute Gasteiger partial charge is 0.469 e. The average Bonchev–Trinajstić information content (AvgIpc) is 2.92. The molecule has 108 valence electrons. The van der Waals surface area contributed by atoms with Crippen molar-refractivity contribution in [2.24, 2.45) is 4.99 Å². The van der Waals surface area contributed by atoms with Gasteiger partial charge in [0.1, 0.15) is 5.76 Å². The molecule has 0 spiro atoms. The molecule has 0 aromatic carbocycles. The average molecular weight is 285 g/mol. The molecule has 1 heterocycles. The summed E-state index contributed by atoms with van der Waals surface area (Å²) in [7, 11) is 1.68. The van der Waals surface area contributed by atoms with Crippen molar-refractivity contribution in [2.75, 3.05) is 45.4 Å². The van der Waals surface area contributed by atoms with Crippen LogP contribution in [0.2, 0.25) is 0 Å². The second-order valence-electron chi connectivity index (χ2n) is 3.90. The number of thioether (sulfide) groups is 1. The van der Waals surface area contributed by atoms with Gasteiger partial charge >= 0.3 is 0 Å². The third kappa shape index (κ3) is 7.79. The molecule has 0 aliphatic rings. The molecule has 19 heavy (non-hydrogen) atoms. The predicted octanol–water partition coefficient (Wildman–Crippen LogP) is 1.37. The van der Waals surface area contributed by atoms with Crippen molar-refractivity contribution in [3.8, 4) is 0 Å². The van der Waals surface area contributed by atoms with Crippen LogP contribution in [0.3, 0.4) is 0 Å². The van der Waals surface area contributed by atoms with Crippen molar-refractivity contribution in [1.29, 1.82) is 0 Å². The van der Waals surface area contributed by atoms with Gasteiger partial charge in [0, 0.05) is 32.4 Å². The molecule has 0 aliphatic heterocycles. The van der Waals surface area contributed by atoms with Gasteiger partial charge < -0.3 is 19.8 Å². The van der Waals surface area contributed by atoms with Gasteiger partial charge in [-0.25, -0.2) is 0 Å². The number of rotatable bonds is 9. The Kier molecular flexibility index (Phi) is 9.01. The van der Waals surface area contributed by atoms with Gasteiger partial charge in [-0.2, -0.15) is 11.8 Å². The van der Waals surface area contributed by atoms with Gasteiger partial charge in [0.05, 0.1) is 19.4 Å². The highest BCUT2D eigenvalue weighted by molar-refractivity contribution is 7.98. The number of furan rings is 1. The molecule has 0 saturated carbocycles. The number of aliphatic imine (C=N–C) groups is 1. The van der Waals surface area contributed by atoms with Crippen LogP contribution >= 0.6 is 11.8 Å². The van der Waals surface area contributed by atoms with Gasteiger partial charge in [-0.05, 0) is 18.4 Å². The third-order valence-corrected chi connectivity index (χ3v) is 3.02. The Morgan fingerprint density at radius 2 is 2.26 bits per heavy atom. The van der Waals surface area contributed by atoms with Crippen LogP contribution in [0.4, 0.5) is 0 Å². The third-order valence-electron chi connectivity index (χ3n) is 2.41. The van der Waals surface area contributed by atoms with Crippen LogP contribution in [0.1, 0.15) is 5.76 Å². The molecule has 0 fully saturated rings. The quantitative estimate of drug-likeness (QED) is 0.408. The SMILES string of the molecule is COCCN=C(NCCSC)NCCc1ccco1. The fraction of sp³-hybridized carbons (Fsp3) is 0.615. The first-order valence-corrected chi connectivity index (χ1v) is 7.78. The Balaban J connectivity index is 2.28. The van der Waals surface area contributed by atoms with Crippen LogP contribution in [0, 0.1) is 0 Å². The minimum Gasteiger partial charge on any atom is -0.469 e. The Hall–Kier alpha value is -1.14. The van der Waals surface area contributed by atoms with E-state index in [0.29, 0.717) is 13.2 Å². The number of hydrogen-bond donors (Lipinski definition) is 2. The second-order valence-corrected chi connectivity index (χ2v) is 4.88. The fourth-order valence-corrected chi connectivity index (χ4v) is 1.76. The summed E-state index contributed by atoms with van der Waals surface area (Å²) in [4.78, 5) is 4.43. The Bertz CT molecular complexity index is 342. The Morgan fingerprint density at radius 1 is 1.42 bits per heavy atom. The number of ether oxygens (including phenoxy) is 1. The van der Waals surface area contributed by atoms with Gasteiger partial charge in [-0.15, -0.1) is 0 Å². The molecular formula is C13H23N3O2S. The molecule has 0 amide bonds. The molecule has 0 atom stereocenters. The van der Waals surface area contributed by atoms with Crippen LogP contribution in [-0.2, 0) is 11.2 Å². The topological polar surface area (TPSA) is 58.8 Å². The zero-order valence-corrected chi connectivity index (χ0v) is 12.5. The minimum atomic E-state index is 0.633. The van der Waals surface area contributed by atoms with E-state index in [1.165, 1.54) is 0 Å². The zero-order valence-electron chi connectivity index (χ0n) is 11.6. The van der Waals surface area contributed by atoms with E-state index in [9.17, 15) is 0 Å². The zero-order chi connectivity index (χ0) is 13.8. The van der Waals surface area contributed by atoms with Crippen molar-refractivity contribution >= 4 is 17.7 Å². The van der Waals surface area contributed by atoms with Gasteiger partial charge in [0.15, 0.2) is 5.96 Å². The van der Waals surface area contributed by atoms with E-state index in [-0.39, 0.29) is 0 Å². The molecule has 0 radical (unpaired) electrons. The lowest BCUT2D eigenvalue weighted by atomic mass is 10.3. The second kappa shape index (κ2) is 10.8. The van der Waals surface area contributed by atoms with Gasteiger partial charge in [-0.3, -0.25) is 4.99 Å².